The predicted octanol–water partition coefficient (Wildman–Crippen LogP) is 4.89. The molecule has 0 unspecified atom stereocenters. The van der Waals surface area contributed by atoms with Gasteiger partial charge in [0.2, 0.25) is 0 Å². The van der Waals surface area contributed by atoms with Crippen molar-refractivity contribution < 1.29 is 0 Å². The molecule has 0 atom stereocenters. The molecule has 1 aromatic carbocycles. The molecule has 0 radical (unpaired) electrons. The van der Waals surface area contributed by atoms with Crippen LogP contribution in [0.25, 0.3) is 22.3 Å². The van der Waals surface area contributed by atoms with Gasteiger partial charge >= 0.3 is 0 Å². The van der Waals surface area contributed by atoms with Crippen LogP contribution in [0.3, 0.4) is 0 Å². The Balaban J connectivity index is 1.63. The van der Waals surface area contributed by atoms with E-state index in [0.29, 0.717) is 17.8 Å². The third-order valence-corrected chi connectivity index (χ3v) is 5.78. The monoisotopic (exact) mass is 388 g/mol. The highest BCUT2D eigenvalue weighted by atomic mass is 32.2. The molecule has 1 saturated carbocycles. The standard InChI is InChI=1S/C21H20N6S/c1-13(2)19-25-26-21(27(19)15-7-8-15)28-20-16-5-3-4-6-17(16)23-18(24-20)14-9-11-22-12-10-14/h3-6,9-13,15H,7-8H2,1-2H3. The van der Waals surface area contributed by atoms with E-state index in [2.05, 4.69) is 39.7 Å². The Labute approximate surface area is 167 Å². The fourth-order valence-corrected chi connectivity index (χ4v) is 4.28. The molecule has 0 N–H and O–H groups in total. The lowest BCUT2D eigenvalue weighted by molar-refractivity contribution is 0.599. The summed E-state index contributed by atoms with van der Waals surface area (Å²) in [5.41, 5.74) is 1.88. The first kappa shape index (κ1) is 17.3. The summed E-state index contributed by atoms with van der Waals surface area (Å²) in [5, 5.41) is 11.8. The topological polar surface area (TPSA) is 69.4 Å². The minimum Gasteiger partial charge on any atom is -0.302 e. The molecule has 5 rings (SSSR count). The van der Waals surface area contributed by atoms with Gasteiger partial charge in [0.05, 0.1) is 5.52 Å². The van der Waals surface area contributed by atoms with Gasteiger partial charge < -0.3 is 4.57 Å². The van der Waals surface area contributed by atoms with Gasteiger partial charge in [0.1, 0.15) is 10.9 Å². The molecule has 3 aromatic heterocycles. The van der Waals surface area contributed by atoms with Gasteiger partial charge in [-0.05, 0) is 42.8 Å². The van der Waals surface area contributed by atoms with Crippen LogP contribution in [0.15, 0.2) is 59.0 Å². The first-order chi connectivity index (χ1) is 13.7. The van der Waals surface area contributed by atoms with Crippen molar-refractivity contribution in [1.29, 1.82) is 0 Å². The molecular weight excluding hydrogens is 368 g/mol. The lowest BCUT2D eigenvalue weighted by Gasteiger charge is -2.12. The number of para-hydroxylation sites is 1. The fourth-order valence-electron chi connectivity index (χ4n) is 3.27. The van der Waals surface area contributed by atoms with Gasteiger partial charge in [-0.2, -0.15) is 0 Å². The smallest absolute Gasteiger partial charge is 0.197 e. The van der Waals surface area contributed by atoms with E-state index in [1.807, 2.05) is 30.3 Å². The van der Waals surface area contributed by atoms with E-state index < -0.39 is 0 Å². The Morgan fingerprint density at radius 2 is 1.79 bits per heavy atom. The van der Waals surface area contributed by atoms with Crippen LogP contribution in [0.4, 0.5) is 0 Å². The van der Waals surface area contributed by atoms with Crippen LogP contribution in [-0.4, -0.2) is 29.7 Å². The van der Waals surface area contributed by atoms with Crippen LogP contribution in [0.1, 0.15) is 44.5 Å². The van der Waals surface area contributed by atoms with Crippen molar-refractivity contribution in [3.8, 4) is 11.4 Å². The second kappa shape index (κ2) is 6.98. The lowest BCUT2D eigenvalue weighted by atomic mass is 10.2. The SMILES string of the molecule is CC(C)c1nnc(Sc2nc(-c3ccncc3)nc3ccccc23)n1C1CC1. The van der Waals surface area contributed by atoms with Gasteiger partial charge in [-0.15, -0.1) is 10.2 Å². The average Bonchev–Trinajstić information content (AvgIpc) is 3.48. The molecule has 6 nitrogen and oxygen atoms in total. The van der Waals surface area contributed by atoms with Crippen molar-refractivity contribution in [3.63, 3.8) is 0 Å². The van der Waals surface area contributed by atoms with Crippen LogP contribution in [0, 0.1) is 0 Å². The largest absolute Gasteiger partial charge is 0.302 e. The van der Waals surface area contributed by atoms with Crippen molar-refractivity contribution in [2.75, 3.05) is 0 Å². The van der Waals surface area contributed by atoms with Crippen molar-refractivity contribution in [2.45, 2.75) is 48.8 Å². The second-order valence-corrected chi connectivity index (χ2v) is 8.26. The molecular formula is C21H20N6S. The molecule has 0 amide bonds. The number of hydrogen-bond donors (Lipinski definition) is 0. The van der Waals surface area contributed by atoms with Gasteiger partial charge in [0, 0.05) is 35.3 Å². The Kier molecular flexibility index (Phi) is 4.31. The van der Waals surface area contributed by atoms with Crippen molar-refractivity contribution in [3.05, 3.63) is 54.6 Å². The lowest BCUT2D eigenvalue weighted by Crippen LogP contribution is -2.05. The van der Waals surface area contributed by atoms with Gasteiger partial charge in [-0.25, -0.2) is 9.97 Å². The number of rotatable bonds is 5. The zero-order valence-corrected chi connectivity index (χ0v) is 16.6. The fraction of sp³-hybridized carbons (Fsp3) is 0.286. The van der Waals surface area contributed by atoms with Crippen LogP contribution >= 0.6 is 11.8 Å². The number of hydrogen-bond acceptors (Lipinski definition) is 6. The average molecular weight is 389 g/mol. The third kappa shape index (κ3) is 3.16. The number of pyridine rings is 1. The first-order valence-electron chi connectivity index (χ1n) is 9.50. The molecule has 4 aromatic rings. The third-order valence-electron chi connectivity index (χ3n) is 4.81. The van der Waals surface area contributed by atoms with E-state index >= 15 is 0 Å². The van der Waals surface area contributed by atoms with Crippen LogP contribution in [0.2, 0.25) is 0 Å². The predicted molar refractivity (Wildman–Crippen MR) is 109 cm³/mol. The van der Waals surface area contributed by atoms with Gasteiger partial charge in [-0.1, -0.05) is 32.0 Å². The first-order valence-corrected chi connectivity index (χ1v) is 10.3. The molecule has 0 saturated heterocycles. The van der Waals surface area contributed by atoms with E-state index in [9.17, 15) is 0 Å². The highest BCUT2D eigenvalue weighted by Gasteiger charge is 2.31. The molecule has 28 heavy (non-hydrogen) atoms. The van der Waals surface area contributed by atoms with Crippen LogP contribution < -0.4 is 0 Å². The van der Waals surface area contributed by atoms with Gasteiger partial charge in [0.15, 0.2) is 11.0 Å². The minimum absolute atomic E-state index is 0.344. The molecule has 140 valence electrons. The molecule has 0 spiro atoms. The highest BCUT2D eigenvalue weighted by molar-refractivity contribution is 7.99. The molecule has 1 aliphatic carbocycles. The number of aromatic nitrogens is 6. The highest BCUT2D eigenvalue weighted by Crippen LogP contribution is 2.42. The molecule has 0 aliphatic heterocycles. The zero-order valence-electron chi connectivity index (χ0n) is 15.8. The minimum atomic E-state index is 0.344. The summed E-state index contributed by atoms with van der Waals surface area (Å²) < 4.78 is 2.30. The van der Waals surface area contributed by atoms with E-state index in [4.69, 9.17) is 9.97 Å². The summed E-state index contributed by atoms with van der Waals surface area (Å²) in [6, 6.07) is 12.5. The Morgan fingerprint density at radius 1 is 1.00 bits per heavy atom. The van der Waals surface area contributed by atoms with Gasteiger partial charge in [0.25, 0.3) is 0 Å². The number of fused-ring (bicyclic) bond motifs is 1. The summed E-state index contributed by atoms with van der Waals surface area (Å²) >= 11 is 1.58. The van der Waals surface area contributed by atoms with Gasteiger partial charge in [-0.3, -0.25) is 4.98 Å². The molecule has 7 heteroatoms. The van der Waals surface area contributed by atoms with Crippen molar-refractivity contribution in [2.24, 2.45) is 0 Å². The Bertz CT molecular complexity index is 1130. The molecule has 1 fully saturated rings. The van der Waals surface area contributed by atoms with Crippen LogP contribution in [0.5, 0.6) is 0 Å². The van der Waals surface area contributed by atoms with E-state index in [0.717, 1.165) is 32.5 Å². The Hall–Kier alpha value is -2.80. The molecule has 3 heterocycles. The number of nitrogens with zero attached hydrogens (tertiary/aromatic N) is 6. The van der Waals surface area contributed by atoms with E-state index in [1.54, 1.807) is 24.2 Å². The van der Waals surface area contributed by atoms with Crippen molar-refractivity contribution >= 4 is 22.7 Å². The number of benzene rings is 1. The summed E-state index contributed by atoms with van der Waals surface area (Å²) in [6.45, 7) is 4.33. The molecule has 1 aliphatic rings. The van der Waals surface area contributed by atoms with Crippen molar-refractivity contribution in [1.82, 2.24) is 29.7 Å². The maximum atomic E-state index is 4.88. The van der Waals surface area contributed by atoms with Crippen LogP contribution in [-0.2, 0) is 0 Å². The van der Waals surface area contributed by atoms with E-state index in [-0.39, 0.29) is 0 Å². The molecule has 0 bridgehead atoms. The zero-order chi connectivity index (χ0) is 19.1. The normalized spacial score (nSPS) is 14.1. The second-order valence-electron chi connectivity index (χ2n) is 7.30. The summed E-state index contributed by atoms with van der Waals surface area (Å²) in [5.74, 6) is 2.10. The Morgan fingerprint density at radius 3 is 2.54 bits per heavy atom. The summed E-state index contributed by atoms with van der Waals surface area (Å²) in [6.07, 6.45) is 5.91. The summed E-state index contributed by atoms with van der Waals surface area (Å²) in [4.78, 5) is 13.7. The maximum absolute atomic E-state index is 4.88. The summed E-state index contributed by atoms with van der Waals surface area (Å²) in [7, 11) is 0. The van der Waals surface area contributed by atoms with E-state index in [1.165, 1.54) is 12.8 Å². The quantitative estimate of drug-likeness (QED) is 0.453. The maximum Gasteiger partial charge on any atom is 0.197 e.